The Morgan fingerprint density at radius 2 is 2.12 bits per heavy atom. The molecule has 0 aliphatic carbocycles. The van der Waals surface area contributed by atoms with Gasteiger partial charge in [0, 0.05) is 6.61 Å². The minimum absolute atomic E-state index is 0.0265. The molecule has 1 aliphatic heterocycles. The molecular weight excluding hydrogens is 338 g/mol. The molecule has 1 aromatic carbocycles. The highest BCUT2D eigenvalue weighted by Gasteiger charge is 2.19. The Balaban J connectivity index is 2.01. The van der Waals surface area contributed by atoms with Crippen LogP contribution in [0.5, 0.6) is 11.6 Å². The smallest absolute Gasteiger partial charge is 0.335 e. The molecule has 2 heterocycles. The number of aliphatic imine (C=N–C) groups is 1. The number of hydrogen-bond acceptors (Lipinski definition) is 6. The Hall–Kier alpha value is -2.87. The number of rotatable bonds is 5. The minimum Gasteiger partial charge on any atom is -0.497 e. The van der Waals surface area contributed by atoms with E-state index in [9.17, 15) is 14.7 Å². The Kier molecular flexibility index (Phi) is 5.22. The van der Waals surface area contributed by atoms with Gasteiger partial charge in [0.25, 0.3) is 5.56 Å². The molecule has 2 N–H and O–H groups in total. The fourth-order valence-corrected chi connectivity index (χ4v) is 2.93. The molecule has 8 heteroatoms. The van der Waals surface area contributed by atoms with Crippen LogP contribution in [0.3, 0.4) is 0 Å². The predicted octanol–water partition coefficient (Wildman–Crippen LogP) is 1.23. The molecule has 0 radical (unpaired) electrons. The number of aromatic amines is 1. The van der Waals surface area contributed by atoms with Crippen LogP contribution in [0, 0.1) is 0 Å². The van der Waals surface area contributed by atoms with Gasteiger partial charge in [-0.15, -0.1) is 0 Å². The van der Waals surface area contributed by atoms with Crippen LogP contribution in [0.15, 0.2) is 38.8 Å². The molecule has 0 bridgehead atoms. The third-order valence-corrected chi connectivity index (χ3v) is 4.33. The van der Waals surface area contributed by atoms with E-state index in [0.717, 1.165) is 17.4 Å². The molecule has 0 saturated carbocycles. The second-order valence-corrected chi connectivity index (χ2v) is 6.05. The van der Waals surface area contributed by atoms with Crippen molar-refractivity contribution in [1.82, 2.24) is 9.55 Å². The average molecular weight is 359 g/mol. The first kappa shape index (κ1) is 17.9. The van der Waals surface area contributed by atoms with Crippen LogP contribution in [0.2, 0.25) is 0 Å². The summed E-state index contributed by atoms with van der Waals surface area (Å²) < 4.78 is 11.6. The van der Waals surface area contributed by atoms with E-state index >= 15 is 0 Å². The Morgan fingerprint density at radius 1 is 1.38 bits per heavy atom. The van der Waals surface area contributed by atoms with E-state index in [1.165, 1.54) is 7.11 Å². The largest absolute Gasteiger partial charge is 0.497 e. The van der Waals surface area contributed by atoms with Crippen LogP contribution >= 0.6 is 0 Å². The van der Waals surface area contributed by atoms with Crippen molar-refractivity contribution in [1.29, 1.82) is 0 Å². The number of nitrogens with zero attached hydrogens (tertiary/aromatic N) is 2. The first-order valence-electron chi connectivity index (χ1n) is 8.37. The van der Waals surface area contributed by atoms with Crippen molar-refractivity contribution in [2.75, 3.05) is 20.3 Å². The summed E-state index contributed by atoms with van der Waals surface area (Å²) in [5.74, 6) is 0.165. The highest BCUT2D eigenvalue weighted by molar-refractivity contribution is 6.00. The topological polar surface area (TPSA) is 106 Å². The van der Waals surface area contributed by atoms with E-state index < -0.39 is 17.1 Å². The summed E-state index contributed by atoms with van der Waals surface area (Å²) in [6.07, 6.45) is 1.94. The summed E-state index contributed by atoms with van der Waals surface area (Å²) in [6, 6.07) is 6.54. The second-order valence-electron chi connectivity index (χ2n) is 6.05. The van der Waals surface area contributed by atoms with Crippen LogP contribution < -0.4 is 16.0 Å². The zero-order valence-corrected chi connectivity index (χ0v) is 14.7. The van der Waals surface area contributed by atoms with Gasteiger partial charge in [-0.05, 0) is 44.0 Å². The van der Waals surface area contributed by atoms with Crippen molar-refractivity contribution >= 4 is 5.71 Å². The fourth-order valence-electron chi connectivity index (χ4n) is 2.93. The molecule has 1 fully saturated rings. The van der Waals surface area contributed by atoms with Crippen LogP contribution in [0.4, 0.5) is 0 Å². The third-order valence-electron chi connectivity index (χ3n) is 4.33. The lowest BCUT2D eigenvalue weighted by Crippen LogP contribution is -2.33. The van der Waals surface area contributed by atoms with Gasteiger partial charge in [0.2, 0.25) is 5.88 Å². The molecule has 138 valence electrons. The fraction of sp³-hybridized carbons (Fsp3) is 0.389. The number of benzene rings is 1. The summed E-state index contributed by atoms with van der Waals surface area (Å²) in [5, 5.41) is 10.6. The van der Waals surface area contributed by atoms with E-state index in [-0.39, 0.29) is 11.7 Å². The summed E-state index contributed by atoms with van der Waals surface area (Å²) in [7, 11) is 1.53. The van der Waals surface area contributed by atoms with E-state index in [4.69, 9.17) is 9.47 Å². The molecule has 3 rings (SSSR count). The number of hydrogen-bond donors (Lipinski definition) is 2. The molecule has 1 atom stereocenters. The maximum absolute atomic E-state index is 12.2. The zero-order chi connectivity index (χ0) is 18.7. The van der Waals surface area contributed by atoms with Crippen molar-refractivity contribution in [2.24, 2.45) is 4.99 Å². The highest BCUT2D eigenvalue weighted by atomic mass is 16.5. The summed E-state index contributed by atoms with van der Waals surface area (Å²) in [5.41, 5.74) is -0.683. The van der Waals surface area contributed by atoms with E-state index in [1.54, 1.807) is 31.2 Å². The van der Waals surface area contributed by atoms with Gasteiger partial charge < -0.3 is 14.6 Å². The van der Waals surface area contributed by atoms with Crippen LogP contribution in [-0.2, 0) is 4.74 Å². The Labute approximate surface area is 149 Å². The van der Waals surface area contributed by atoms with Gasteiger partial charge in [0.1, 0.15) is 11.3 Å². The first-order chi connectivity index (χ1) is 12.5. The van der Waals surface area contributed by atoms with Gasteiger partial charge in [-0.1, -0.05) is 0 Å². The van der Waals surface area contributed by atoms with Crippen molar-refractivity contribution in [3.05, 3.63) is 50.7 Å². The van der Waals surface area contributed by atoms with E-state index in [0.29, 0.717) is 30.3 Å². The maximum Gasteiger partial charge on any atom is 0.335 e. The van der Waals surface area contributed by atoms with Gasteiger partial charge in [-0.3, -0.25) is 14.8 Å². The van der Waals surface area contributed by atoms with Crippen LogP contribution in [-0.4, -0.2) is 46.7 Å². The van der Waals surface area contributed by atoms with Gasteiger partial charge in [0.15, 0.2) is 0 Å². The number of H-pyrrole nitrogens is 1. The predicted molar refractivity (Wildman–Crippen MR) is 96.9 cm³/mol. The first-order valence-corrected chi connectivity index (χ1v) is 8.37. The van der Waals surface area contributed by atoms with Crippen LogP contribution in [0.1, 0.15) is 25.3 Å². The molecule has 2 aromatic rings. The van der Waals surface area contributed by atoms with Crippen molar-refractivity contribution < 1.29 is 14.6 Å². The summed E-state index contributed by atoms with van der Waals surface area (Å²) in [6.45, 7) is 2.75. The minimum atomic E-state index is -0.728. The molecule has 0 amide bonds. The van der Waals surface area contributed by atoms with Gasteiger partial charge in [-0.25, -0.2) is 9.36 Å². The molecule has 26 heavy (non-hydrogen) atoms. The third kappa shape index (κ3) is 3.55. The molecule has 1 aliphatic rings. The molecule has 0 spiro atoms. The van der Waals surface area contributed by atoms with E-state index in [2.05, 4.69) is 9.98 Å². The quantitative estimate of drug-likeness (QED) is 0.781. The number of aromatic nitrogens is 2. The summed E-state index contributed by atoms with van der Waals surface area (Å²) >= 11 is 0. The Bertz CT molecular complexity index is 921. The number of nitrogens with one attached hydrogen (secondary N) is 1. The zero-order valence-electron chi connectivity index (χ0n) is 14.7. The lowest BCUT2D eigenvalue weighted by Gasteiger charge is -2.12. The lowest BCUT2D eigenvalue weighted by atomic mass is 10.2. The highest BCUT2D eigenvalue weighted by Crippen LogP contribution is 2.20. The van der Waals surface area contributed by atoms with Crippen molar-refractivity contribution in [2.45, 2.75) is 25.9 Å². The second kappa shape index (κ2) is 7.57. The van der Waals surface area contributed by atoms with Gasteiger partial charge >= 0.3 is 5.69 Å². The van der Waals surface area contributed by atoms with E-state index in [1.807, 2.05) is 0 Å². The molecular formula is C18H21N3O5. The lowest BCUT2D eigenvalue weighted by molar-refractivity contribution is 0.118. The van der Waals surface area contributed by atoms with Crippen molar-refractivity contribution in [3.8, 4) is 17.3 Å². The number of methoxy groups -OCH3 is 1. The normalized spacial score (nSPS) is 17.5. The van der Waals surface area contributed by atoms with Gasteiger partial charge in [-0.2, -0.15) is 0 Å². The van der Waals surface area contributed by atoms with Gasteiger partial charge in [0.05, 0.1) is 31.2 Å². The molecule has 1 saturated heterocycles. The number of ether oxygens (including phenoxy) is 2. The molecule has 1 aromatic heterocycles. The average Bonchev–Trinajstić information content (AvgIpc) is 3.13. The SMILES string of the molecule is COc1ccc(-n2c(O)c(C(C)=NC[C@@H]3CCCO3)c(=O)[nH]c2=O)cc1. The molecule has 8 nitrogen and oxygen atoms in total. The Morgan fingerprint density at radius 3 is 2.73 bits per heavy atom. The molecule has 0 unspecified atom stereocenters. The number of aromatic hydroxyl groups is 1. The van der Waals surface area contributed by atoms with Crippen LogP contribution in [0.25, 0.3) is 5.69 Å². The van der Waals surface area contributed by atoms with Crippen molar-refractivity contribution in [3.63, 3.8) is 0 Å². The monoisotopic (exact) mass is 359 g/mol. The summed E-state index contributed by atoms with van der Waals surface area (Å²) in [4.78, 5) is 31.0. The maximum atomic E-state index is 12.2. The standard InChI is InChI=1S/C18H21N3O5/c1-11(19-10-14-4-3-9-26-14)15-16(22)20-18(24)21(17(15)23)12-5-7-13(25-2)8-6-12/h5-8,14,23H,3-4,9-10H2,1-2H3,(H,20,22,24)/t14-/m0/s1.